The predicted octanol–water partition coefficient (Wildman–Crippen LogP) is 1.85. The van der Waals surface area contributed by atoms with Crippen molar-refractivity contribution in [2.45, 2.75) is 10.4 Å². The Morgan fingerprint density at radius 1 is 1.63 bits per heavy atom. The molecule has 0 saturated carbocycles. The number of hydrogen-bond acceptors (Lipinski definition) is 6. The predicted molar refractivity (Wildman–Crippen MR) is 73.6 cm³/mol. The molecule has 0 aliphatic carbocycles. The summed E-state index contributed by atoms with van der Waals surface area (Å²) in [5, 5.41) is 0.326. The van der Waals surface area contributed by atoms with E-state index in [2.05, 4.69) is 20.9 Å². The highest BCUT2D eigenvalue weighted by atomic mass is 79.9. The summed E-state index contributed by atoms with van der Waals surface area (Å²) in [5.41, 5.74) is 0. The van der Waals surface area contributed by atoms with Crippen molar-refractivity contribution >= 4 is 55.0 Å². The second-order valence-electron chi connectivity index (χ2n) is 3.58. The Hall–Kier alpha value is -0.280. The number of isocyanates is 1. The molecule has 1 saturated heterocycles. The molecule has 104 valence electrons. The first-order chi connectivity index (χ1) is 8.96. The van der Waals surface area contributed by atoms with E-state index in [1.165, 1.54) is 12.1 Å². The fourth-order valence-corrected chi connectivity index (χ4v) is 5.61. The minimum Gasteiger partial charge on any atom is -0.376 e. The Bertz CT molecular complexity index is 607. The van der Waals surface area contributed by atoms with Gasteiger partial charge in [-0.25, -0.2) is 13.2 Å². The first kappa shape index (κ1) is 15.1. The molecule has 1 aromatic heterocycles. The number of aliphatic imine (C=N–C) groups is 1. The maximum absolute atomic E-state index is 12.4. The number of hydrogen-bond donors (Lipinski definition) is 0. The van der Waals surface area contributed by atoms with Gasteiger partial charge in [-0.15, -0.1) is 11.3 Å². The summed E-state index contributed by atoms with van der Waals surface area (Å²) in [6.45, 7) is 0.421. The molecule has 0 bridgehead atoms. The van der Waals surface area contributed by atoms with Gasteiger partial charge in [0.2, 0.25) is 6.08 Å². The summed E-state index contributed by atoms with van der Waals surface area (Å²) in [5.74, 6) is 0. The van der Waals surface area contributed by atoms with E-state index in [1.807, 2.05) is 0 Å². The van der Waals surface area contributed by atoms with E-state index in [0.717, 1.165) is 15.6 Å². The Morgan fingerprint density at radius 3 is 2.95 bits per heavy atom. The van der Waals surface area contributed by atoms with Gasteiger partial charge in [-0.3, -0.25) is 0 Å². The van der Waals surface area contributed by atoms with Gasteiger partial charge in [0.15, 0.2) is 6.17 Å². The molecule has 1 unspecified atom stereocenters. The van der Waals surface area contributed by atoms with Crippen molar-refractivity contribution in [2.75, 3.05) is 19.8 Å². The third-order valence-electron chi connectivity index (χ3n) is 2.44. The van der Waals surface area contributed by atoms with E-state index in [-0.39, 0.29) is 24.0 Å². The van der Waals surface area contributed by atoms with Crippen LogP contribution >= 0.6 is 38.9 Å². The number of halogens is 2. The van der Waals surface area contributed by atoms with E-state index < -0.39 is 16.2 Å². The second kappa shape index (κ2) is 6.01. The van der Waals surface area contributed by atoms with Crippen LogP contribution in [-0.2, 0) is 19.6 Å². The average molecular weight is 388 g/mol. The van der Waals surface area contributed by atoms with Crippen molar-refractivity contribution in [2.24, 2.45) is 4.99 Å². The van der Waals surface area contributed by atoms with E-state index in [1.54, 1.807) is 0 Å². The fraction of sp³-hybridized carbons (Fsp3) is 0.444. The molecule has 0 aromatic carbocycles. The fourth-order valence-electron chi connectivity index (χ4n) is 1.59. The molecule has 0 N–H and O–H groups in total. The van der Waals surface area contributed by atoms with Crippen LogP contribution in [0.25, 0.3) is 0 Å². The smallest absolute Gasteiger partial charge is 0.254 e. The lowest BCUT2D eigenvalue weighted by molar-refractivity contribution is 0.0360. The van der Waals surface area contributed by atoms with Crippen LogP contribution in [0.2, 0.25) is 5.02 Å². The lowest BCUT2D eigenvalue weighted by atomic mass is 10.4. The van der Waals surface area contributed by atoms with E-state index in [9.17, 15) is 13.2 Å². The lowest BCUT2D eigenvalue weighted by Gasteiger charge is -2.30. The maximum Gasteiger partial charge on any atom is 0.254 e. The molecule has 2 rings (SSSR count). The van der Waals surface area contributed by atoms with Crippen LogP contribution in [0.5, 0.6) is 0 Å². The van der Waals surface area contributed by atoms with Gasteiger partial charge in [-0.05, 0) is 22.0 Å². The average Bonchev–Trinajstić information content (AvgIpc) is 2.71. The first-order valence-electron chi connectivity index (χ1n) is 5.08. The zero-order valence-electron chi connectivity index (χ0n) is 9.38. The number of morpholine rings is 1. The summed E-state index contributed by atoms with van der Waals surface area (Å²) >= 11 is 10.0. The third kappa shape index (κ3) is 3.08. The molecule has 10 heteroatoms. The van der Waals surface area contributed by atoms with Crippen LogP contribution in [0.4, 0.5) is 0 Å². The highest BCUT2D eigenvalue weighted by Gasteiger charge is 2.35. The lowest BCUT2D eigenvalue weighted by Crippen LogP contribution is -2.47. The van der Waals surface area contributed by atoms with Crippen LogP contribution in [0.15, 0.2) is 19.1 Å². The van der Waals surface area contributed by atoms with Crippen molar-refractivity contribution in [3.8, 4) is 0 Å². The summed E-state index contributed by atoms with van der Waals surface area (Å²) in [7, 11) is -3.75. The Morgan fingerprint density at radius 2 is 2.37 bits per heavy atom. The zero-order chi connectivity index (χ0) is 14.0. The van der Waals surface area contributed by atoms with Crippen LogP contribution < -0.4 is 0 Å². The van der Waals surface area contributed by atoms with Crippen molar-refractivity contribution in [3.63, 3.8) is 0 Å². The van der Waals surface area contributed by atoms with Crippen LogP contribution in [0, 0.1) is 0 Å². The molecule has 1 atom stereocenters. The van der Waals surface area contributed by atoms with E-state index >= 15 is 0 Å². The summed E-state index contributed by atoms with van der Waals surface area (Å²) in [6, 6.07) is 1.36. The topological polar surface area (TPSA) is 76.0 Å². The van der Waals surface area contributed by atoms with Crippen LogP contribution in [0.1, 0.15) is 0 Å². The number of ether oxygens (including phenoxy) is 1. The molecule has 1 aliphatic rings. The Kier molecular flexibility index (Phi) is 4.78. The van der Waals surface area contributed by atoms with Gasteiger partial charge < -0.3 is 4.74 Å². The summed E-state index contributed by atoms with van der Waals surface area (Å²) in [4.78, 5) is 13.8. The highest BCUT2D eigenvalue weighted by molar-refractivity contribution is 9.11. The third-order valence-corrected chi connectivity index (χ3v) is 7.26. The van der Waals surface area contributed by atoms with Crippen molar-refractivity contribution in [1.29, 1.82) is 0 Å². The number of nitrogens with zero attached hydrogens (tertiary/aromatic N) is 2. The standard InChI is InChI=1S/C9H8BrClN2O4S2/c10-9-6(11)3-8(18-9)19(15,16)13-1-2-17-4-7(13)12-5-14/h3,7H,1-2,4H2. The minimum absolute atomic E-state index is 0.0365. The summed E-state index contributed by atoms with van der Waals surface area (Å²) in [6.07, 6.45) is 0.486. The molecule has 0 amide bonds. The molecule has 2 heterocycles. The Labute approximate surface area is 127 Å². The molecule has 0 radical (unpaired) electrons. The number of carbonyl (C=O) groups excluding carboxylic acids is 1. The van der Waals surface area contributed by atoms with Crippen molar-refractivity contribution < 1.29 is 17.9 Å². The van der Waals surface area contributed by atoms with Gasteiger partial charge in [0, 0.05) is 6.54 Å². The SMILES string of the molecule is O=C=NC1COCCN1S(=O)(=O)c1cc(Cl)c(Br)s1. The van der Waals surface area contributed by atoms with Gasteiger partial charge in [0.05, 0.1) is 22.0 Å². The maximum atomic E-state index is 12.4. The van der Waals surface area contributed by atoms with Crippen molar-refractivity contribution in [3.05, 3.63) is 14.9 Å². The quantitative estimate of drug-likeness (QED) is 0.586. The van der Waals surface area contributed by atoms with E-state index in [0.29, 0.717) is 8.81 Å². The van der Waals surface area contributed by atoms with Gasteiger partial charge in [0.1, 0.15) is 4.21 Å². The second-order valence-corrected chi connectivity index (χ2v) is 8.47. The molecule has 6 nitrogen and oxygen atoms in total. The summed E-state index contributed by atoms with van der Waals surface area (Å²) < 4.78 is 31.8. The van der Waals surface area contributed by atoms with E-state index in [4.69, 9.17) is 16.3 Å². The van der Waals surface area contributed by atoms with Gasteiger partial charge in [-0.1, -0.05) is 11.6 Å². The molecule has 1 aromatic rings. The molecular weight excluding hydrogens is 380 g/mol. The molecule has 1 aliphatic heterocycles. The number of thiophene rings is 1. The van der Waals surface area contributed by atoms with Gasteiger partial charge >= 0.3 is 0 Å². The van der Waals surface area contributed by atoms with Crippen molar-refractivity contribution in [1.82, 2.24) is 4.31 Å². The minimum atomic E-state index is -3.75. The highest BCUT2D eigenvalue weighted by Crippen LogP contribution is 2.36. The zero-order valence-corrected chi connectivity index (χ0v) is 13.4. The number of rotatable bonds is 3. The molecular formula is C9H8BrClN2O4S2. The van der Waals surface area contributed by atoms with Gasteiger partial charge in [0.25, 0.3) is 10.0 Å². The Balaban J connectivity index is 2.39. The molecule has 0 spiro atoms. The molecule has 19 heavy (non-hydrogen) atoms. The largest absolute Gasteiger partial charge is 0.376 e. The monoisotopic (exact) mass is 386 g/mol. The van der Waals surface area contributed by atoms with Crippen LogP contribution in [0.3, 0.4) is 0 Å². The number of sulfonamides is 1. The normalized spacial score (nSPS) is 21.1. The first-order valence-corrected chi connectivity index (χ1v) is 8.51. The van der Waals surface area contributed by atoms with Crippen LogP contribution in [-0.4, -0.2) is 44.7 Å². The van der Waals surface area contributed by atoms with Gasteiger partial charge in [-0.2, -0.15) is 9.30 Å². The molecule has 1 fully saturated rings.